The normalized spacial score (nSPS) is 11.0. The van der Waals surface area contributed by atoms with Crippen molar-refractivity contribution in [2.24, 2.45) is 5.73 Å². The number of aldehydes is 1. The molecule has 0 radical (unpaired) electrons. The molecule has 17 heavy (non-hydrogen) atoms. The zero-order valence-electron chi connectivity index (χ0n) is 10.6. The monoisotopic (exact) mass is 248 g/mol. The second-order valence-electron chi connectivity index (χ2n) is 3.56. The van der Waals surface area contributed by atoms with Gasteiger partial charge in [-0.1, -0.05) is 0 Å². The Labute approximate surface area is 103 Å². The van der Waals surface area contributed by atoms with Gasteiger partial charge in [0.2, 0.25) is 0 Å². The summed E-state index contributed by atoms with van der Waals surface area (Å²) < 4.78 is 15.5. The minimum Gasteiger partial charge on any atom is -0.379 e. The minimum atomic E-state index is 0.141. The number of hydrogen-bond donors (Lipinski definition) is 1. The van der Waals surface area contributed by atoms with Gasteiger partial charge in [-0.05, 0) is 7.05 Å². The van der Waals surface area contributed by atoms with Gasteiger partial charge >= 0.3 is 0 Å². The molecule has 2 N–H and O–H groups in total. The van der Waals surface area contributed by atoms with Crippen LogP contribution in [0.4, 0.5) is 0 Å². The average molecular weight is 248 g/mol. The SMILES string of the molecule is CN(CCOCCN)CCOCCOCC=O. The van der Waals surface area contributed by atoms with Crippen molar-refractivity contribution in [2.75, 3.05) is 66.3 Å². The third-order valence-corrected chi connectivity index (χ3v) is 2.05. The Balaban J connectivity index is 3.10. The van der Waals surface area contributed by atoms with E-state index < -0.39 is 0 Å². The molecule has 6 nitrogen and oxygen atoms in total. The molecule has 0 heterocycles. The maximum absolute atomic E-state index is 9.94. The van der Waals surface area contributed by atoms with E-state index >= 15 is 0 Å². The van der Waals surface area contributed by atoms with Crippen LogP contribution < -0.4 is 5.73 Å². The number of ether oxygens (including phenoxy) is 3. The second-order valence-corrected chi connectivity index (χ2v) is 3.56. The Hall–Kier alpha value is -0.530. The molecule has 0 unspecified atom stereocenters. The van der Waals surface area contributed by atoms with Crippen molar-refractivity contribution in [2.45, 2.75) is 0 Å². The molecular weight excluding hydrogens is 224 g/mol. The molecule has 0 bridgehead atoms. The van der Waals surface area contributed by atoms with Crippen molar-refractivity contribution < 1.29 is 19.0 Å². The van der Waals surface area contributed by atoms with Gasteiger partial charge in [0.25, 0.3) is 0 Å². The first-order valence-corrected chi connectivity index (χ1v) is 5.86. The molecular formula is C11H24N2O4. The Kier molecular flexibility index (Phi) is 13.1. The molecule has 102 valence electrons. The van der Waals surface area contributed by atoms with Gasteiger partial charge in [-0.15, -0.1) is 0 Å². The molecule has 0 aliphatic rings. The summed E-state index contributed by atoms with van der Waals surface area (Å²) in [4.78, 5) is 12.1. The smallest absolute Gasteiger partial charge is 0.145 e. The summed E-state index contributed by atoms with van der Waals surface area (Å²) in [5.74, 6) is 0. The van der Waals surface area contributed by atoms with Gasteiger partial charge < -0.3 is 29.6 Å². The molecule has 0 saturated heterocycles. The van der Waals surface area contributed by atoms with Crippen LogP contribution in [-0.4, -0.2) is 77.5 Å². The lowest BCUT2D eigenvalue weighted by atomic mass is 10.5. The number of hydrogen-bond acceptors (Lipinski definition) is 6. The number of nitrogens with two attached hydrogens (primary N) is 1. The van der Waals surface area contributed by atoms with Crippen LogP contribution in [0.1, 0.15) is 0 Å². The topological polar surface area (TPSA) is 74.0 Å². The third-order valence-electron chi connectivity index (χ3n) is 2.05. The Morgan fingerprint density at radius 3 is 2.18 bits per heavy atom. The third kappa shape index (κ3) is 13.4. The number of rotatable bonds is 13. The number of carbonyl (C=O) groups excluding carboxylic acids is 1. The van der Waals surface area contributed by atoms with Crippen molar-refractivity contribution in [3.8, 4) is 0 Å². The molecule has 6 heteroatoms. The van der Waals surface area contributed by atoms with Crippen molar-refractivity contribution in [1.29, 1.82) is 0 Å². The van der Waals surface area contributed by atoms with Gasteiger partial charge in [0.15, 0.2) is 0 Å². The molecule has 0 aliphatic heterocycles. The van der Waals surface area contributed by atoms with E-state index in [4.69, 9.17) is 19.9 Å². The number of carbonyl (C=O) groups is 1. The van der Waals surface area contributed by atoms with E-state index in [1.165, 1.54) is 0 Å². The molecule has 0 aromatic carbocycles. The largest absolute Gasteiger partial charge is 0.379 e. The van der Waals surface area contributed by atoms with Gasteiger partial charge in [-0.2, -0.15) is 0 Å². The van der Waals surface area contributed by atoms with E-state index in [1.807, 2.05) is 7.05 Å². The van der Waals surface area contributed by atoms with E-state index in [1.54, 1.807) is 0 Å². The molecule has 0 aromatic heterocycles. The second kappa shape index (κ2) is 13.5. The zero-order valence-corrected chi connectivity index (χ0v) is 10.6. The van der Waals surface area contributed by atoms with Crippen molar-refractivity contribution in [3.05, 3.63) is 0 Å². The molecule has 0 rings (SSSR count). The number of likely N-dealkylation sites (N-methyl/N-ethyl adjacent to an activating group) is 1. The van der Waals surface area contributed by atoms with Gasteiger partial charge in [0.1, 0.15) is 12.9 Å². The first-order chi connectivity index (χ1) is 8.31. The van der Waals surface area contributed by atoms with Gasteiger partial charge in [0.05, 0.1) is 33.0 Å². The van der Waals surface area contributed by atoms with E-state index in [-0.39, 0.29) is 6.61 Å². The Morgan fingerprint density at radius 1 is 1.00 bits per heavy atom. The highest BCUT2D eigenvalue weighted by Crippen LogP contribution is 1.85. The van der Waals surface area contributed by atoms with Gasteiger partial charge in [-0.3, -0.25) is 0 Å². The minimum absolute atomic E-state index is 0.141. The summed E-state index contributed by atoms with van der Waals surface area (Å²) in [7, 11) is 2.01. The van der Waals surface area contributed by atoms with Crippen LogP contribution in [0.3, 0.4) is 0 Å². The summed E-state index contributed by atoms with van der Waals surface area (Å²) >= 11 is 0. The van der Waals surface area contributed by atoms with Crippen LogP contribution in [0.15, 0.2) is 0 Å². The first kappa shape index (κ1) is 16.5. The standard InChI is InChI=1S/C11H24N2O4/c1-13(3-7-15-6-2-12)4-8-16-10-11-17-9-5-14/h5H,2-4,6-12H2,1H3. The van der Waals surface area contributed by atoms with Gasteiger partial charge in [0, 0.05) is 19.6 Å². The summed E-state index contributed by atoms with van der Waals surface area (Å²) in [5, 5.41) is 0. The lowest BCUT2D eigenvalue weighted by molar-refractivity contribution is -0.112. The van der Waals surface area contributed by atoms with Crippen molar-refractivity contribution in [1.82, 2.24) is 4.90 Å². The van der Waals surface area contributed by atoms with Crippen LogP contribution in [0, 0.1) is 0 Å². The lowest BCUT2D eigenvalue weighted by Crippen LogP contribution is -2.28. The Bertz CT molecular complexity index is 170. The lowest BCUT2D eigenvalue weighted by Gasteiger charge is -2.16. The van der Waals surface area contributed by atoms with Crippen LogP contribution in [-0.2, 0) is 19.0 Å². The van der Waals surface area contributed by atoms with Gasteiger partial charge in [-0.25, -0.2) is 0 Å². The quantitative estimate of drug-likeness (QED) is 0.337. The van der Waals surface area contributed by atoms with Crippen LogP contribution in [0.2, 0.25) is 0 Å². The molecule has 0 atom stereocenters. The first-order valence-electron chi connectivity index (χ1n) is 5.86. The highest BCUT2D eigenvalue weighted by atomic mass is 16.5. The van der Waals surface area contributed by atoms with Crippen LogP contribution in [0.5, 0.6) is 0 Å². The molecule has 0 amide bonds. The van der Waals surface area contributed by atoms with Crippen LogP contribution in [0.25, 0.3) is 0 Å². The van der Waals surface area contributed by atoms with E-state index in [0.717, 1.165) is 19.4 Å². The Morgan fingerprint density at radius 2 is 1.59 bits per heavy atom. The number of nitrogens with zero attached hydrogens (tertiary/aromatic N) is 1. The molecule has 0 spiro atoms. The summed E-state index contributed by atoms with van der Waals surface area (Å²) in [6, 6.07) is 0. The molecule has 0 aliphatic carbocycles. The molecule has 0 saturated carbocycles. The molecule has 0 aromatic rings. The highest BCUT2D eigenvalue weighted by Gasteiger charge is 1.98. The fourth-order valence-corrected chi connectivity index (χ4v) is 1.09. The maximum Gasteiger partial charge on any atom is 0.145 e. The zero-order chi connectivity index (χ0) is 12.8. The van der Waals surface area contributed by atoms with E-state index in [9.17, 15) is 4.79 Å². The maximum atomic E-state index is 9.94. The van der Waals surface area contributed by atoms with Crippen molar-refractivity contribution >= 4 is 6.29 Å². The van der Waals surface area contributed by atoms with Crippen molar-refractivity contribution in [3.63, 3.8) is 0 Å². The van der Waals surface area contributed by atoms with Crippen LogP contribution >= 0.6 is 0 Å². The van der Waals surface area contributed by atoms with E-state index in [2.05, 4.69) is 4.90 Å². The highest BCUT2D eigenvalue weighted by molar-refractivity contribution is 5.50. The summed E-state index contributed by atoms with van der Waals surface area (Å²) in [5.41, 5.74) is 5.30. The fourth-order valence-electron chi connectivity index (χ4n) is 1.09. The summed E-state index contributed by atoms with van der Waals surface area (Å²) in [6.07, 6.45) is 0.731. The summed E-state index contributed by atoms with van der Waals surface area (Å²) in [6.45, 7) is 5.35. The fraction of sp³-hybridized carbons (Fsp3) is 0.909. The average Bonchev–Trinajstić information content (AvgIpc) is 2.33. The van der Waals surface area contributed by atoms with E-state index in [0.29, 0.717) is 39.6 Å². The predicted molar refractivity (Wildman–Crippen MR) is 65.1 cm³/mol. The molecule has 0 fully saturated rings. The predicted octanol–water partition coefficient (Wildman–Crippen LogP) is -0.874.